The number of Topliss-reactive ketones (excluding diaryl/α,β-unsaturated/α-hetero) is 1. The maximum absolute atomic E-state index is 12.7. The predicted molar refractivity (Wildman–Crippen MR) is 115 cm³/mol. The summed E-state index contributed by atoms with van der Waals surface area (Å²) in [5, 5.41) is 0. The number of hydrogen-bond donors (Lipinski definition) is 0. The summed E-state index contributed by atoms with van der Waals surface area (Å²) >= 11 is 0. The van der Waals surface area contributed by atoms with Crippen LogP contribution in [0.15, 0.2) is 12.7 Å². The summed E-state index contributed by atoms with van der Waals surface area (Å²) in [4.78, 5) is 61.0. The molecule has 0 bridgehead atoms. The Bertz CT molecular complexity index is 1130. The highest BCUT2D eigenvalue weighted by Crippen LogP contribution is 2.36. The van der Waals surface area contributed by atoms with Gasteiger partial charge in [-0.25, -0.2) is 15.0 Å². The molecule has 34 heavy (non-hydrogen) atoms. The van der Waals surface area contributed by atoms with Gasteiger partial charge in [0.05, 0.1) is 6.33 Å². The molecule has 2 aromatic heterocycles. The van der Waals surface area contributed by atoms with Gasteiger partial charge in [0.1, 0.15) is 30.2 Å². The third-order valence-corrected chi connectivity index (χ3v) is 5.13. The molecule has 0 saturated carbocycles. The van der Waals surface area contributed by atoms with Crippen molar-refractivity contribution in [1.29, 1.82) is 0 Å². The number of ketones is 1. The van der Waals surface area contributed by atoms with E-state index in [0.717, 1.165) is 12.8 Å². The topological polar surface area (TPSA) is 149 Å². The second-order valence-electron chi connectivity index (χ2n) is 7.58. The van der Waals surface area contributed by atoms with Crippen molar-refractivity contribution in [2.75, 3.05) is 6.61 Å². The molecule has 0 spiro atoms. The van der Waals surface area contributed by atoms with E-state index in [1.807, 2.05) is 6.92 Å². The average Bonchev–Trinajstić information content (AvgIpc) is 3.48. The van der Waals surface area contributed by atoms with Crippen LogP contribution in [-0.2, 0) is 33.3 Å². The molecule has 0 aliphatic carbocycles. The van der Waals surface area contributed by atoms with Crippen molar-refractivity contribution in [2.24, 2.45) is 0 Å². The van der Waals surface area contributed by atoms with Crippen molar-refractivity contribution in [2.45, 2.75) is 77.8 Å². The Balaban J connectivity index is 1.99. The molecule has 12 heteroatoms. The third-order valence-electron chi connectivity index (χ3n) is 5.13. The van der Waals surface area contributed by atoms with E-state index in [0.29, 0.717) is 6.42 Å². The SMILES string of the molecule is [2H]CC(=O)OC[C@H]1OC(n2cnc3c(C(=O)CCCCC)ncnc32)[C@H](OC(=O)C[2H])[C@@H]1OC(=O)C[2H]. The van der Waals surface area contributed by atoms with Gasteiger partial charge in [0.15, 0.2) is 29.9 Å². The molecule has 3 rings (SSSR count). The zero-order valence-corrected chi connectivity index (χ0v) is 18.7. The number of esters is 3. The summed E-state index contributed by atoms with van der Waals surface area (Å²) in [6, 6.07) is 0. The molecule has 0 aromatic carbocycles. The van der Waals surface area contributed by atoms with Crippen molar-refractivity contribution in [3.63, 3.8) is 0 Å². The van der Waals surface area contributed by atoms with Gasteiger partial charge in [0.2, 0.25) is 0 Å². The first kappa shape index (κ1) is 21.1. The number of hydrogen-bond acceptors (Lipinski definition) is 11. The molecule has 1 saturated heterocycles. The second kappa shape index (κ2) is 11.1. The van der Waals surface area contributed by atoms with Crippen LogP contribution in [0.4, 0.5) is 0 Å². The van der Waals surface area contributed by atoms with Gasteiger partial charge in [-0.15, -0.1) is 0 Å². The van der Waals surface area contributed by atoms with Crippen molar-refractivity contribution in [3.8, 4) is 0 Å². The smallest absolute Gasteiger partial charge is 0.303 e. The van der Waals surface area contributed by atoms with E-state index in [4.69, 9.17) is 23.1 Å². The standard InChI is InChI=1S/C22H28N4O8/c1-5-6-7-8-15(30)17-18-21(24-10-23-17)26(11-25-18)22-20(33-14(4)29)19(32-13(3)28)16(34-22)9-31-12(2)27/h10-11,16,19-20,22H,5-9H2,1-4H3/t16-,19-,20-,22?/m1/s1/i2D,3D,4D. The number of fused-ring (bicyclic) bond motifs is 1. The zero-order valence-electron chi connectivity index (χ0n) is 21.7. The lowest BCUT2D eigenvalue weighted by molar-refractivity contribution is -0.166. The molecule has 1 aliphatic heterocycles. The van der Waals surface area contributed by atoms with Gasteiger partial charge in [0.25, 0.3) is 0 Å². The summed E-state index contributed by atoms with van der Waals surface area (Å²) in [7, 11) is 0. The summed E-state index contributed by atoms with van der Waals surface area (Å²) in [6.07, 6.45) is 0.312. The Morgan fingerprint density at radius 3 is 2.47 bits per heavy atom. The first-order valence-electron chi connectivity index (χ1n) is 12.7. The van der Waals surface area contributed by atoms with Crippen LogP contribution in [0.3, 0.4) is 0 Å². The minimum Gasteiger partial charge on any atom is -0.463 e. The maximum Gasteiger partial charge on any atom is 0.303 e. The Labute approximate surface area is 200 Å². The number of aromatic nitrogens is 4. The number of imidazole rings is 1. The molecular weight excluding hydrogens is 448 g/mol. The van der Waals surface area contributed by atoms with E-state index in [2.05, 4.69) is 15.0 Å². The highest BCUT2D eigenvalue weighted by molar-refractivity contribution is 6.03. The summed E-state index contributed by atoms with van der Waals surface area (Å²) in [6.45, 7) is -0.533. The first-order valence-corrected chi connectivity index (χ1v) is 10.6. The highest BCUT2D eigenvalue weighted by atomic mass is 16.7. The number of unbranched alkanes of at least 4 members (excludes halogenated alkanes) is 2. The van der Waals surface area contributed by atoms with Crippen LogP contribution in [0.1, 0.15) is 74.1 Å². The summed E-state index contributed by atoms with van der Waals surface area (Å²) in [5.74, 6) is -2.96. The van der Waals surface area contributed by atoms with Crippen LogP contribution in [0.25, 0.3) is 11.2 Å². The van der Waals surface area contributed by atoms with Crippen molar-refractivity contribution in [1.82, 2.24) is 19.5 Å². The predicted octanol–water partition coefficient (Wildman–Crippen LogP) is 1.91. The molecule has 1 unspecified atom stereocenters. The molecule has 1 aliphatic rings. The van der Waals surface area contributed by atoms with Gasteiger partial charge in [-0.05, 0) is 6.42 Å². The van der Waals surface area contributed by atoms with Crippen LogP contribution in [0.2, 0.25) is 0 Å². The fourth-order valence-electron chi connectivity index (χ4n) is 3.71. The summed E-state index contributed by atoms with van der Waals surface area (Å²) < 4.78 is 44.7. The largest absolute Gasteiger partial charge is 0.463 e. The van der Waals surface area contributed by atoms with E-state index >= 15 is 0 Å². The molecule has 1 fully saturated rings. The number of rotatable bonds is 10. The van der Waals surface area contributed by atoms with Gasteiger partial charge in [-0.1, -0.05) is 19.8 Å². The minimum atomic E-state index is -1.33. The van der Waals surface area contributed by atoms with E-state index in [9.17, 15) is 19.2 Å². The monoisotopic (exact) mass is 479 g/mol. The molecule has 2 aromatic rings. The van der Waals surface area contributed by atoms with E-state index in [1.165, 1.54) is 17.2 Å². The van der Waals surface area contributed by atoms with Crippen molar-refractivity contribution < 1.29 is 42.2 Å². The van der Waals surface area contributed by atoms with Gasteiger partial charge >= 0.3 is 17.9 Å². The molecule has 0 amide bonds. The average molecular weight is 480 g/mol. The molecule has 184 valence electrons. The molecule has 0 N–H and O–H groups in total. The number of ether oxygens (including phenoxy) is 4. The minimum absolute atomic E-state index is 0.121. The third kappa shape index (κ3) is 5.74. The molecule has 12 nitrogen and oxygen atoms in total. The Hall–Kier alpha value is -3.41. The summed E-state index contributed by atoms with van der Waals surface area (Å²) in [5.41, 5.74) is 0.498. The maximum atomic E-state index is 12.7. The van der Waals surface area contributed by atoms with Crippen molar-refractivity contribution >= 4 is 34.9 Å². The Morgan fingerprint density at radius 2 is 1.76 bits per heavy atom. The first-order chi connectivity index (χ1) is 17.8. The zero-order chi connectivity index (χ0) is 26.9. The highest BCUT2D eigenvalue weighted by Gasteiger charge is 2.51. The Kier molecular flexibility index (Phi) is 6.93. The van der Waals surface area contributed by atoms with Gasteiger partial charge in [-0.3, -0.25) is 23.7 Å². The fourth-order valence-corrected chi connectivity index (χ4v) is 3.71. The van der Waals surface area contributed by atoms with E-state index in [-0.39, 0.29) is 29.1 Å². The molecule has 3 heterocycles. The lowest BCUT2D eigenvalue weighted by Crippen LogP contribution is -2.40. The molecular formula is C22H28N4O8. The van der Waals surface area contributed by atoms with Gasteiger partial charge < -0.3 is 18.9 Å². The normalized spacial score (nSPS) is 23.0. The lowest BCUT2D eigenvalue weighted by Gasteiger charge is -2.23. The number of carbonyl (C=O) groups is 4. The fraction of sp³-hybridized carbons (Fsp3) is 0.591. The Morgan fingerprint density at radius 1 is 1.03 bits per heavy atom. The number of nitrogens with zero attached hydrogens (tertiary/aromatic N) is 4. The van der Waals surface area contributed by atoms with E-state index in [1.54, 1.807) is 0 Å². The molecule has 0 radical (unpaired) electrons. The lowest BCUT2D eigenvalue weighted by atomic mass is 10.1. The second-order valence-corrected chi connectivity index (χ2v) is 7.58. The van der Waals surface area contributed by atoms with Crippen LogP contribution in [0.5, 0.6) is 0 Å². The van der Waals surface area contributed by atoms with Crippen molar-refractivity contribution in [3.05, 3.63) is 18.3 Å². The van der Waals surface area contributed by atoms with Crippen LogP contribution in [-0.4, -0.2) is 68.1 Å². The quantitative estimate of drug-likeness (QED) is 0.213. The van der Waals surface area contributed by atoms with Gasteiger partial charge in [0, 0.05) is 31.2 Å². The van der Waals surface area contributed by atoms with Gasteiger partial charge in [-0.2, -0.15) is 0 Å². The molecule has 4 atom stereocenters. The van der Waals surface area contributed by atoms with Crippen LogP contribution >= 0.6 is 0 Å². The number of carbonyl (C=O) groups excluding carboxylic acids is 4. The van der Waals surface area contributed by atoms with E-state index < -0.39 is 69.8 Å². The van der Waals surface area contributed by atoms with Crippen LogP contribution < -0.4 is 0 Å². The van der Waals surface area contributed by atoms with Crippen LogP contribution in [0, 0.1) is 0 Å².